The van der Waals surface area contributed by atoms with Gasteiger partial charge in [-0.05, 0) is 43.2 Å². The third-order valence-electron chi connectivity index (χ3n) is 3.81. The Labute approximate surface area is 153 Å². The summed E-state index contributed by atoms with van der Waals surface area (Å²) in [6, 6.07) is 14.6. The van der Waals surface area contributed by atoms with E-state index in [0.29, 0.717) is 12.2 Å². The Balaban J connectivity index is 1.82. The highest BCUT2D eigenvalue weighted by Crippen LogP contribution is 2.14. The molecule has 1 atom stereocenters. The molecule has 0 fully saturated rings. The smallest absolute Gasteiger partial charge is 0.279 e. The largest absolute Gasteiger partial charge is 0.497 e. The number of carbonyl (C=O) groups excluding carboxylic acids is 2. The Morgan fingerprint density at radius 1 is 0.962 bits per heavy atom. The highest BCUT2D eigenvalue weighted by Gasteiger charge is 2.19. The molecule has 0 spiro atoms. The van der Waals surface area contributed by atoms with E-state index in [2.05, 4.69) is 10.9 Å². The van der Waals surface area contributed by atoms with Gasteiger partial charge < -0.3 is 9.47 Å². The average Bonchev–Trinajstić information content (AvgIpc) is 2.66. The van der Waals surface area contributed by atoms with Crippen molar-refractivity contribution in [3.05, 3.63) is 59.7 Å². The molecule has 2 rings (SSSR count). The van der Waals surface area contributed by atoms with Crippen molar-refractivity contribution in [2.45, 2.75) is 32.8 Å². The van der Waals surface area contributed by atoms with Crippen LogP contribution in [0.2, 0.25) is 0 Å². The summed E-state index contributed by atoms with van der Waals surface area (Å²) in [5.41, 5.74) is 6.77. The van der Waals surface area contributed by atoms with E-state index in [0.717, 1.165) is 16.9 Å². The van der Waals surface area contributed by atoms with E-state index in [1.807, 2.05) is 38.1 Å². The number of aryl methyl sites for hydroxylation is 1. The van der Waals surface area contributed by atoms with Gasteiger partial charge >= 0.3 is 0 Å². The maximum absolute atomic E-state index is 12.2. The fourth-order valence-electron chi connectivity index (χ4n) is 2.29. The zero-order valence-electron chi connectivity index (χ0n) is 15.2. The number of rotatable bonds is 7. The van der Waals surface area contributed by atoms with Crippen LogP contribution in [0.1, 0.15) is 24.5 Å². The number of hydrogen-bond acceptors (Lipinski definition) is 4. The molecule has 2 N–H and O–H groups in total. The molecule has 0 saturated heterocycles. The predicted octanol–water partition coefficient (Wildman–Crippen LogP) is 2.55. The van der Waals surface area contributed by atoms with Crippen molar-refractivity contribution in [3.8, 4) is 11.5 Å². The summed E-state index contributed by atoms with van der Waals surface area (Å²) in [5, 5.41) is 0. The van der Waals surface area contributed by atoms with Gasteiger partial charge in [-0.2, -0.15) is 0 Å². The number of amides is 2. The topological polar surface area (TPSA) is 76.7 Å². The minimum absolute atomic E-state index is 0.153. The van der Waals surface area contributed by atoms with E-state index in [1.54, 1.807) is 31.4 Å². The molecule has 26 heavy (non-hydrogen) atoms. The molecule has 0 aliphatic heterocycles. The first kappa shape index (κ1) is 19.3. The van der Waals surface area contributed by atoms with Crippen LogP contribution < -0.4 is 20.3 Å². The van der Waals surface area contributed by atoms with Gasteiger partial charge in [0, 0.05) is 0 Å². The number of nitrogens with one attached hydrogen (secondary N) is 2. The normalized spacial score (nSPS) is 11.3. The van der Waals surface area contributed by atoms with E-state index in [-0.39, 0.29) is 12.3 Å². The molecule has 0 aromatic heterocycles. The van der Waals surface area contributed by atoms with Crippen molar-refractivity contribution in [3.63, 3.8) is 0 Å². The number of methoxy groups -OCH3 is 1. The van der Waals surface area contributed by atoms with Crippen LogP contribution >= 0.6 is 0 Å². The van der Waals surface area contributed by atoms with E-state index in [9.17, 15) is 9.59 Å². The second kappa shape index (κ2) is 9.46. The quantitative estimate of drug-likeness (QED) is 0.748. The van der Waals surface area contributed by atoms with Crippen molar-refractivity contribution in [1.82, 2.24) is 10.9 Å². The van der Waals surface area contributed by atoms with Gasteiger partial charge in [0.2, 0.25) is 5.91 Å². The van der Waals surface area contributed by atoms with Gasteiger partial charge in [0.1, 0.15) is 11.5 Å². The zero-order chi connectivity index (χ0) is 18.9. The van der Waals surface area contributed by atoms with Crippen LogP contribution in [0.5, 0.6) is 11.5 Å². The van der Waals surface area contributed by atoms with Crippen LogP contribution in [0.15, 0.2) is 48.5 Å². The molecule has 138 valence electrons. The van der Waals surface area contributed by atoms with Crippen molar-refractivity contribution in [1.29, 1.82) is 0 Å². The number of ether oxygens (including phenoxy) is 2. The van der Waals surface area contributed by atoms with Crippen molar-refractivity contribution < 1.29 is 19.1 Å². The van der Waals surface area contributed by atoms with Gasteiger partial charge in [0.25, 0.3) is 5.91 Å². The zero-order valence-corrected chi connectivity index (χ0v) is 15.2. The first-order valence-corrected chi connectivity index (χ1v) is 8.46. The molecule has 2 aromatic rings. The summed E-state index contributed by atoms with van der Waals surface area (Å²) in [5.74, 6) is 0.633. The lowest BCUT2D eigenvalue weighted by Crippen LogP contribution is -2.48. The summed E-state index contributed by atoms with van der Waals surface area (Å²) >= 11 is 0. The molecule has 0 bridgehead atoms. The first-order chi connectivity index (χ1) is 12.5. The van der Waals surface area contributed by atoms with Crippen molar-refractivity contribution in [2.75, 3.05) is 7.11 Å². The molecular weight excluding hydrogens is 332 g/mol. The predicted molar refractivity (Wildman–Crippen MR) is 98.9 cm³/mol. The van der Waals surface area contributed by atoms with E-state index in [4.69, 9.17) is 9.47 Å². The SMILES string of the molecule is CC[C@H](Oc1ccc(C)cc1)C(=O)NNC(=O)Cc1ccc(OC)cc1. The van der Waals surface area contributed by atoms with Crippen LogP contribution in [0.4, 0.5) is 0 Å². The fraction of sp³-hybridized carbons (Fsp3) is 0.300. The van der Waals surface area contributed by atoms with E-state index in [1.165, 1.54) is 0 Å². The van der Waals surface area contributed by atoms with Gasteiger partial charge in [0.15, 0.2) is 6.10 Å². The molecule has 6 nitrogen and oxygen atoms in total. The summed E-state index contributed by atoms with van der Waals surface area (Å²) in [6.07, 6.45) is -0.0486. The van der Waals surface area contributed by atoms with Gasteiger partial charge in [-0.25, -0.2) is 0 Å². The highest BCUT2D eigenvalue weighted by molar-refractivity contribution is 5.85. The van der Waals surface area contributed by atoms with E-state index < -0.39 is 12.0 Å². The summed E-state index contributed by atoms with van der Waals surface area (Å²) in [4.78, 5) is 24.2. The van der Waals surface area contributed by atoms with Crippen molar-refractivity contribution >= 4 is 11.8 Å². The molecule has 2 amide bonds. The third-order valence-corrected chi connectivity index (χ3v) is 3.81. The first-order valence-electron chi connectivity index (χ1n) is 8.46. The maximum atomic E-state index is 12.2. The Bertz CT molecular complexity index is 726. The molecule has 0 unspecified atom stereocenters. The lowest BCUT2D eigenvalue weighted by atomic mass is 10.1. The molecule has 0 aliphatic carbocycles. The minimum Gasteiger partial charge on any atom is -0.497 e. The molecule has 0 saturated carbocycles. The molecule has 2 aromatic carbocycles. The number of hydrazine groups is 1. The minimum atomic E-state index is -0.681. The molecule has 0 radical (unpaired) electrons. The van der Waals surface area contributed by atoms with Gasteiger partial charge in [0.05, 0.1) is 13.5 Å². The van der Waals surface area contributed by atoms with E-state index >= 15 is 0 Å². The summed E-state index contributed by atoms with van der Waals surface area (Å²) in [6.45, 7) is 3.82. The Kier molecular flexibility index (Phi) is 7.02. The van der Waals surface area contributed by atoms with Crippen LogP contribution in [0.3, 0.4) is 0 Å². The Morgan fingerprint density at radius 3 is 2.15 bits per heavy atom. The molecular formula is C20H24N2O4. The molecule has 6 heteroatoms. The monoisotopic (exact) mass is 356 g/mol. The standard InChI is InChI=1S/C20H24N2O4/c1-4-18(26-17-9-5-14(2)6-10-17)20(24)22-21-19(23)13-15-7-11-16(25-3)12-8-15/h5-12,18H,4,13H2,1-3H3,(H,21,23)(H,22,24)/t18-/m0/s1. The van der Waals surface area contributed by atoms with Crippen LogP contribution in [-0.2, 0) is 16.0 Å². The second-order valence-corrected chi connectivity index (χ2v) is 5.89. The average molecular weight is 356 g/mol. The van der Waals surface area contributed by atoms with Gasteiger partial charge in [-0.15, -0.1) is 0 Å². The number of carbonyl (C=O) groups is 2. The van der Waals surface area contributed by atoms with Crippen LogP contribution in [-0.4, -0.2) is 25.0 Å². The molecule has 0 aliphatic rings. The maximum Gasteiger partial charge on any atom is 0.279 e. The molecule has 0 heterocycles. The third kappa shape index (κ3) is 5.81. The number of hydrogen-bond donors (Lipinski definition) is 2. The lowest BCUT2D eigenvalue weighted by Gasteiger charge is -2.17. The van der Waals surface area contributed by atoms with Gasteiger partial charge in [-0.1, -0.05) is 36.8 Å². The fourth-order valence-corrected chi connectivity index (χ4v) is 2.29. The van der Waals surface area contributed by atoms with Crippen LogP contribution in [0, 0.1) is 6.92 Å². The highest BCUT2D eigenvalue weighted by atomic mass is 16.5. The lowest BCUT2D eigenvalue weighted by molar-refractivity contribution is -0.133. The summed E-state index contributed by atoms with van der Waals surface area (Å²) in [7, 11) is 1.58. The number of benzene rings is 2. The second-order valence-electron chi connectivity index (χ2n) is 5.89. The summed E-state index contributed by atoms with van der Waals surface area (Å²) < 4.78 is 10.8. The van der Waals surface area contributed by atoms with Gasteiger partial charge in [-0.3, -0.25) is 20.4 Å². The Morgan fingerprint density at radius 2 is 1.58 bits per heavy atom. The van der Waals surface area contributed by atoms with Crippen LogP contribution in [0.25, 0.3) is 0 Å². The Hall–Kier alpha value is -3.02. The van der Waals surface area contributed by atoms with Crippen molar-refractivity contribution in [2.24, 2.45) is 0 Å².